The van der Waals surface area contributed by atoms with Crippen molar-refractivity contribution in [3.63, 3.8) is 0 Å². The number of aromatic nitrogens is 1. The molecular formula is C31H27F5N2O6. The lowest BCUT2D eigenvalue weighted by atomic mass is 9.93. The maximum Gasteiger partial charge on any atom is 0.417 e. The normalized spacial score (nSPS) is 12.2. The van der Waals surface area contributed by atoms with E-state index in [9.17, 15) is 36.6 Å². The SMILES string of the molecule is CCOCc1cc(OC)c(-c2ccc(C[C@H](NC(=O)c3c(F)cccc3F)C(=O)O)c3cc(C(F)(F)F)cnc23)c(OC)c1. The molecule has 0 spiro atoms. The van der Waals surface area contributed by atoms with E-state index >= 15 is 0 Å². The van der Waals surface area contributed by atoms with E-state index < -0.39 is 53.3 Å². The summed E-state index contributed by atoms with van der Waals surface area (Å²) in [7, 11) is 2.82. The second kappa shape index (κ2) is 13.2. The Bertz CT molecular complexity index is 1660. The number of fused-ring (bicyclic) bond motifs is 1. The molecule has 0 aliphatic rings. The van der Waals surface area contributed by atoms with E-state index in [1.807, 2.05) is 6.92 Å². The van der Waals surface area contributed by atoms with Crippen molar-refractivity contribution in [2.45, 2.75) is 32.2 Å². The van der Waals surface area contributed by atoms with E-state index in [2.05, 4.69) is 10.3 Å². The number of benzene rings is 3. The fourth-order valence-corrected chi connectivity index (χ4v) is 4.71. The molecule has 13 heteroatoms. The molecule has 3 aromatic carbocycles. The van der Waals surface area contributed by atoms with E-state index in [4.69, 9.17) is 14.2 Å². The zero-order chi connectivity index (χ0) is 32.2. The van der Waals surface area contributed by atoms with Gasteiger partial charge in [-0.1, -0.05) is 18.2 Å². The number of nitrogens with one attached hydrogen (secondary N) is 1. The summed E-state index contributed by atoms with van der Waals surface area (Å²) in [5.41, 5.74) is -0.569. The first kappa shape index (κ1) is 32.1. The van der Waals surface area contributed by atoms with Crippen LogP contribution in [0.2, 0.25) is 0 Å². The smallest absolute Gasteiger partial charge is 0.417 e. The topological polar surface area (TPSA) is 107 Å². The van der Waals surface area contributed by atoms with Crippen molar-refractivity contribution in [3.8, 4) is 22.6 Å². The highest BCUT2D eigenvalue weighted by Gasteiger charge is 2.33. The highest BCUT2D eigenvalue weighted by Crippen LogP contribution is 2.44. The number of aliphatic carboxylic acids is 1. The Kier molecular flexibility index (Phi) is 9.68. The third-order valence-electron chi connectivity index (χ3n) is 6.79. The maximum atomic E-state index is 14.2. The molecule has 0 bridgehead atoms. The Labute approximate surface area is 248 Å². The van der Waals surface area contributed by atoms with Crippen molar-refractivity contribution in [2.75, 3.05) is 20.8 Å². The average molecular weight is 619 g/mol. The molecule has 0 saturated heterocycles. The van der Waals surface area contributed by atoms with Gasteiger partial charge in [0.25, 0.3) is 5.91 Å². The third kappa shape index (κ3) is 6.72. The van der Waals surface area contributed by atoms with E-state index in [1.165, 1.54) is 26.4 Å². The number of hydrogen-bond acceptors (Lipinski definition) is 6. The minimum Gasteiger partial charge on any atom is -0.496 e. The van der Waals surface area contributed by atoms with Crippen LogP contribution in [0.4, 0.5) is 22.0 Å². The minimum absolute atomic E-state index is 0.0558. The second-order valence-corrected chi connectivity index (χ2v) is 9.57. The molecule has 2 N–H and O–H groups in total. The van der Waals surface area contributed by atoms with Crippen LogP contribution in [0.5, 0.6) is 11.5 Å². The van der Waals surface area contributed by atoms with Gasteiger partial charge in [-0.2, -0.15) is 13.2 Å². The molecule has 44 heavy (non-hydrogen) atoms. The molecule has 0 saturated carbocycles. The molecule has 4 aromatic rings. The Morgan fingerprint density at radius 2 is 1.64 bits per heavy atom. The summed E-state index contributed by atoms with van der Waals surface area (Å²) in [6.45, 7) is 2.53. The van der Waals surface area contributed by atoms with Crippen LogP contribution in [0, 0.1) is 11.6 Å². The number of alkyl halides is 3. The summed E-state index contributed by atoms with van der Waals surface area (Å²) in [5, 5.41) is 11.8. The van der Waals surface area contributed by atoms with Crippen molar-refractivity contribution in [3.05, 3.63) is 88.6 Å². The number of carbonyl (C=O) groups is 2. The second-order valence-electron chi connectivity index (χ2n) is 9.57. The number of halogens is 5. The van der Waals surface area contributed by atoms with E-state index in [0.29, 0.717) is 41.0 Å². The Balaban J connectivity index is 1.86. The number of carboxylic acids is 1. The zero-order valence-corrected chi connectivity index (χ0v) is 23.7. The van der Waals surface area contributed by atoms with Gasteiger partial charge in [-0.25, -0.2) is 13.6 Å². The molecule has 1 heterocycles. The van der Waals surface area contributed by atoms with Crippen LogP contribution in [-0.2, 0) is 28.7 Å². The summed E-state index contributed by atoms with van der Waals surface area (Å²) in [5.74, 6) is -4.72. The van der Waals surface area contributed by atoms with Gasteiger partial charge in [0.1, 0.15) is 34.7 Å². The van der Waals surface area contributed by atoms with Crippen LogP contribution in [0.25, 0.3) is 22.0 Å². The highest BCUT2D eigenvalue weighted by molar-refractivity contribution is 6.00. The summed E-state index contributed by atoms with van der Waals surface area (Å²) in [4.78, 5) is 28.9. The molecule has 232 valence electrons. The van der Waals surface area contributed by atoms with Crippen LogP contribution in [0.1, 0.15) is 34.0 Å². The van der Waals surface area contributed by atoms with Crippen LogP contribution in [0.3, 0.4) is 0 Å². The first-order valence-corrected chi connectivity index (χ1v) is 13.2. The fraction of sp³-hybridized carbons (Fsp3) is 0.258. The van der Waals surface area contributed by atoms with Gasteiger partial charge in [0.15, 0.2) is 0 Å². The molecule has 0 fully saturated rings. The molecule has 1 amide bonds. The molecule has 0 aliphatic carbocycles. The number of ether oxygens (including phenoxy) is 3. The summed E-state index contributed by atoms with van der Waals surface area (Å²) < 4.78 is 86.3. The fourth-order valence-electron chi connectivity index (χ4n) is 4.71. The number of nitrogens with zero attached hydrogens (tertiary/aromatic N) is 1. The third-order valence-corrected chi connectivity index (χ3v) is 6.79. The molecule has 8 nitrogen and oxygen atoms in total. The Morgan fingerprint density at radius 1 is 1.00 bits per heavy atom. The van der Waals surface area contributed by atoms with Crippen molar-refractivity contribution >= 4 is 22.8 Å². The number of methoxy groups -OCH3 is 2. The lowest BCUT2D eigenvalue weighted by molar-refractivity contribution is -0.139. The first-order chi connectivity index (χ1) is 20.9. The molecule has 1 atom stereocenters. The van der Waals surface area contributed by atoms with E-state index in [1.54, 1.807) is 12.1 Å². The van der Waals surface area contributed by atoms with Gasteiger partial charge in [0.2, 0.25) is 0 Å². The predicted molar refractivity (Wildman–Crippen MR) is 150 cm³/mol. The van der Waals surface area contributed by atoms with Gasteiger partial charge in [-0.05, 0) is 48.4 Å². The van der Waals surface area contributed by atoms with Gasteiger partial charge in [0, 0.05) is 30.2 Å². The lowest BCUT2D eigenvalue weighted by Gasteiger charge is -2.20. The van der Waals surface area contributed by atoms with Gasteiger partial charge < -0.3 is 24.6 Å². The van der Waals surface area contributed by atoms with Crippen molar-refractivity contribution in [1.82, 2.24) is 10.3 Å². The predicted octanol–water partition coefficient (Wildman–Crippen LogP) is 6.18. The van der Waals surface area contributed by atoms with Gasteiger partial charge in [-0.15, -0.1) is 0 Å². The van der Waals surface area contributed by atoms with Crippen LogP contribution < -0.4 is 14.8 Å². The number of pyridine rings is 1. The molecule has 1 aromatic heterocycles. The van der Waals surface area contributed by atoms with Gasteiger partial charge in [0.05, 0.1) is 37.5 Å². The van der Waals surface area contributed by atoms with Crippen LogP contribution in [0.15, 0.2) is 54.7 Å². The zero-order valence-electron chi connectivity index (χ0n) is 23.7. The van der Waals surface area contributed by atoms with Crippen LogP contribution >= 0.6 is 0 Å². The molecule has 0 radical (unpaired) electrons. The van der Waals surface area contributed by atoms with Gasteiger partial charge >= 0.3 is 12.1 Å². The van der Waals surface area contributed by atoms with Crippen molar-refractivity contribution in [1.29, 1.82) is 0 Å². The van der Waals surface area contributed by atoms with Gasteiger partial charge in [-0.3, -0.25) is 9.78 Å². The van der Waals surface area contributed by atoms with E-state index in [-0.39, 0.29) is 23.1 Å². The minimum atomic E-state index is -4.78. The number of carbonyl (C=O) groups excluding carboxylic acids is 1. The lowest BCUT2D eigenvalue weighted by Crippen LogP contribution is -2.43. The monoisotopic (exact) mass is 618 g/mol. The standard InChI is InChI=1S/C31H27F5N2O6/c1-4-44-15-16-10-24(42-2)26(25(11-16)43-3)19-9-8-17(20-13-18(31(34,35)36)14-37-28(19)20)12-23(30(40)41)38-29(39)27-21(32)6-5-7-22(27)33/h5-11,13-14,23H,4,12,15H2,1-3H3,(H,38,39)(H,40,41)/t23-/m0/s1. The largest absolute Gasteiger partial charge is 0.496 e. The van der Waals surface area contributed by atoms with Crippen LogP contribution in [-0.4, -0.2) is 48.8 Å². The molecule has 4 rings (SSSR count). The molecule has 0 unspecified atom stereocenters. The number of hydrogen-bond donors (Lipinski definition) is 2. The average Bonchev–Trinajstić information content (AvgIpc) is 2.98. The number of carboxylic acid groups (broad SMARTS) is 1. The highest BCUT2D eigenvalue weighted by atomic mass is 19.4. The Hall–Kier alpha value is -4.78. The quantitative estimate of drug-likeness (QED) is 0.194. The number of rotatable bonds is 11. The van der Waals surface area contributed by atoms with E-state index in [0.717, 1.165) is 24.3 Å². The molecule has 0 aliphatic heterocycles. The summed E-state index contributed by atoms with van der Waals surface area (Å²) in [6.07, 6.45) is -4.68. The van der Waals surface area contributed by atoms with Crippen molar-refractivity contribution < 1.29 is 50.9 Å². The maximum absolute atomic E-state index is 14.2. The molecular weight excluding hydrogens is 591 g/mol. The summed E-state index contributed by atoms with van der Waals surface area (Å²) >= 11 is 0. The summed E-state index contributed by atoms with van der Waals surface area (Å²) in [6, 6.07) is 8.02. The van der Waals surface area contributed by atoms with Crippen molar-refractivity contribution in [2.24, 2.45) is 0 Å². The Morgan fingerprint density at radius 3 is 2.18 bits per heavy atom. The number of amides is 1. The first-order valence-electron chi connectivity index (χ1n) is 13.2.